The van der Waals surface area contributed by atoms with Crippen LogP contribution in [0.1, 0.15) is 0 Å². The molecule has 72 valence electrons. The van der Waals surface area contributed by atoms with Crippen molar-refractivity contribution >= 4 is 11.9 Å². The van der Waals surface area contributed by atoms with Crippen LogP contribution in [0.15, 0.2) is 47.6 Å². The van der Waals surface area contributed by atoms with E-state index >= 15 is 0 Å². The predicted molar refractivity (Wildman–Crippen MR) is 49.7 cm³/mol. The van der Waals surface area contributed by atoms with Crippen molar-refractivity contribution in [2.75, 3.05) is 0 Å². The Morgan fingerprint density at radius 2 is 1.21 bits per heavy atom. The van der Waals surface area contributed by atoms with Crippen molar-refractivity contribution < 1.29 is 19.8 Å². The van der Waals surface area contributed by atoms with Crippen LogP contribution in [0.25, 0.3) is 0 Å². The molecule has 4 heteroatoms. The molecule has 1 aliphatic carbocycles. The fourth-order valence-corrected chi connectivity index (χ4v) is 0.894. The van der Waals surface area contributed by atoms with Crippen LogP contribution in [0, 0.1) is 0 Å². The van der Waals surface area contributed by atoms with Crippen LogP contribution in [0.4, 0.5) is 0 Å². The molecule has 1 rings (SSSR count). The smallest absolute Gasteiger partial charge is 0.335 e. The molecule has 0 radical (unpaired) electrons. The van der Waals surface area contributed by atoms with Crippen molar-refractivity contribution in [1.29, 1.82) is 0 Å². The second kappa shape index (κ2) is 4.23. The van der Waals surface area contributed by atoms with Crippen molar-refractivity contribution in [2.24, 2.45) is 0 Å². The van der Waals surface area contributed by atoms with Gasteiger partial charge in [0.2, 0.25) is 0 Å². The zero-order chi connectivity index (χ0) is 10.6. The molecule has 0 atom stereocenters. The van der Waals surface area contributed by atoms with Crippen LogP contribution < -0.4 is 0 Å². The molecule has 0 fully saturated rings. The molecule has 0 aromatic carbocycles. The second-order valence-corrected chi connectivity index (χ2v) is 2.57. The van der Waals surface area contributed by atoms with Crippen LogP contribution >= 0.6 is 0 Å². The first kappa shape index (κ1) is 9.98. The van der Waals surface area contributed by atoms with Gasteiger partial charge in [0.15, 0.2) is 0 Å². The van der Waals surface area contributed by atoms with E-state index in [2.05, 4.69) is 0 Å². The molecule has 0 saturated heterocycles. The molecule has 0 bridgehead atoms. The lowest BCUT2D eigenvalue weighted by Crippen LogP contribution is -2.00. The largest absolute Gasteiger partial charge is 0.478 e. The molecular formula is C10H8O4. The van der Waals surface area contributed by atoms with E-state index in [4.69, 9.17) is 10.2 Å². The van der Waals surface area contributed by atoms with Crippen LogP contribution in [0.5, 0.6) is 0 Å². The Bertz CT molecular complexity index is 345. The van der Waals surface area contributed by atoms with Crippen LogP contribution in [-0.2, 0) is 9.59 Å². The van der Waals surface area contributed by atoms with Crippen molar-refractivity contribution in [3.63, 3.8) is 0 Å². The van der Waals surface area contributed by atoms with E-state index in [1.165, 1.54) is 36.5 Å². The summed E-state index contributed by atoms with van der Waals surface area (Å²) < 4.78 is 0. The Balaban J connectivity index is 3.05. The van der Waals surface area contributed by atoms with Crippen LogP contribution in [0.2, 0.25) is 0 Å². The lowest BCUT2D eigenvalue weighted by Gasteiger charge is -1.96. The fourth-order valence-electron chi connectivity index (χ4n) is 0.894. The quantitative estimate of drug-likeness (QED) is 0.687. The standard InChI is InChI=1S/C10H8O4/c11-9(12)7-3-1-2-4-8(6-5-7)10(13)14/h1-6H,(H,11,12)(H,13,14). The highest BCUT2D eigenvalue weighted by Crippen LogP contribution is 2.06. The summed E-state index contributed by atoms with van der Waals surface area (Å²) in [6, 6.07) is 0. The lowest BCUT2D eigenvalue weighted by molar-refractivity contribution is -0.133. The molecule has 0 amide bonds. The van der Waals surface area contributed by atoms with Gasteiger partial charge in [0.1, 0.15) is 0 Å². The normalized spacial score (nSPS) is 15.1. The van der Waals surface area contributed by atoms with Crippen LogP contribution in [0.3, 0.4) is 0 Å². The number of carboxylic acid groups (broad SMARTS) is 2. The number of allylic oxidation sites excluding steroid dienone is 4. The maximum absolute atomic E-state index is 10.6. The van der Waals surface area contributed by atoms with Gasteiger partial charge in [0.25, 0.3) is 0 Å². The minimum absolute atomic E-state index is 0.0492. The van der Waals surface area contributed by atoms with Gasteiger partial charge in [-0.05, 0) is 24.3 Å². The summed E-state index contributed by atoms with van der Waals surface area (Å²) in [6.07, 6.45) is 8.27. The number of hydrogen-bond donors (Lipinski definition) is 2. The molecule has 0 saturated carbocycles. The maximum Gasteiger partial charge on any atom is 0.335 e. The highest BCUT2D eigenvalue weighted by Gasteiger charge is 2.05. The third kappa shape index (κ3) is 2.45. The van der Waals surface area contributed by atoms with Gasteiger partial charge < -0.3 is 10.2 Å². The van der Waals surface area contributed by atoms with E-state index in [0.29, 0.717) is 0 Å². The summed E-state index contributed by atoms with van der Waals surface area (Å²) in [7, 11) is 0. The van der Waals surface area contributed by atoms with Crippen LogP contribution in [-0.4, -0.2) is 22.2 Å². The Labute approximate surface area is 80.2 Å². The molecule has 1 aliphatic rings. The average Bonchev–Trinajstić information content (AvgIpc) is 2.01. The number of carboxylic acids is 2. The van der Waals surface area contributed by atoms with Crippen molar-refractivity contribution in [1.82, 2.24) is 0 Å². The predicted octanol–water partition coefficient (Wildman–Crippen LogP) is 1.13. The molecule has 0 heterocycles. The fraction of sp³-hybridized carbons (Fsp3) is 0. The van der Waals surface area contributed by atoms with E-state index in [1.54, 1.807) is 0 Å². The first-order valence-corrected chi connectivity index (χ1v) is 3.84. The van der Waals surface area contributed by atoms with E-state index in [1.807, 2.05) is 0 Å². The molecule has 2 N–H and O–H groups in total. The number of aliphatic carboxylic acids is 2. The topological polar surface area (TPSA) is 74.6 Å². The second-order valence-electron chi connectivity index (χ2n) is 2.57. The number of hydrogen-bond acceptors (Lipinski definition) is 2. The molecule has 4 nitrogen and oxygen atoms in total. The molecule has 0 spiro atoms. The minimum atomic E-state index is -1.09. The van der Waals surface area contributed by atoms with Gasteiger partial charge in [-0.25, -0.2) is 9.59 Å². The van der Waals surface area contributed by atoms with Gasteiger partial charge in [-0.1, -0.05) is 12.2 Å². The monoisotopic (exact) mass is 192 g/mol. The summed E-state index contributed by atoms with van der Waals surface area (Å²) in [5.74, 6) is -2.17. The highest BCUT2D eigenvalue weighted by molar-refractivity contribution is 5.93. The molecule has 14 heavy (non-hydrogen) atoms. The summed E-state index contributed by atoms with van der Waals surface area (Å²) in [5.41, 5.74) is 0.0983. The third-order valence-corrected chi connectivity index (χ3v) is 1.60. The van der Waals surface area contributed by atoms with Gasteiger partial charge in [-0.3, -0.25) is 0 Å². The Kier molecular flexibility index (Phi) is 3.01. The minimum Gasteiger partial charge on any atom is -0.478 e. The first-order valence-electron chi connectivity index (χ1n) is 3.84. The Morgan fingerprint density at radius 1 is 0.857 bits per heavy atom. The summed E-state index contributed by atoms with van der Waals surface area (Å²) in [4.78, 5) is 21.2. The molecule has 0 unspecified atom stereocenters. The van der Waals surface area contributed by atoms with Gasteiger partial charge >= 0.3 is 11.9 Å². The Morgan fingerprint density at radius 3 is 1.50 bits per heavy atom. The third-order valence-electron chi connectivity index (χ3n) is 1.60. The SMILES string of the molecule is O=C(O)C1=CC=C(C(=O)O)C=CC=C1. The molecular weight excluding hydrogens is 184 g/mol. The van der Waals surface area contributed by atoms with Gasteiger partial charge in [0, 0.05) is 0 Å². The van der Waals surface area contributed by atoms with Crippen molar-refractivity contribution in [3.05, 3.63) is 47.6 Å². The molecule has 0 aromatic rings. The van der Waals surface area contributed by atoms with Gasteiger partial charge in [0.05, 0.1) is 11.1 Å². The van der Waals surface area contributed by atoms with Gasteiger partial charge in [-0.2, -0.15) is 0 Å². The highest BCUT2D eigenvalue weighted by atomic mass is 16.4. The summed E-state index contributed by atoms with van der Waals surface area (Å²) in [5, 5.41) is 17.3. The number of rotatable bonds is 2. The van der Waals surface area contributed by atoms with Crippen molar-refractivity contribution in [2.45, 2.75) is 0 Å². The molecule has 0 aromatic heterocycles. The van der Waals surface area contributed by atoms with E-state index in [9.17, 15) is 9.59 Å². The zero-order valence-electron chi connectivity index (χ0n) is 7.18. The van der Waals surface area contributed by atoms with E-state index in [0.717, 1.165) is 0 Å². The first-order chi connectivity index (χ1) is 6.61. The lowest BCUT2D eigenvalue weighted by atomic mass is 10.1. The maximum atomic E-state index is 10.6. The summed E-state index contributed by atoms with van der Waals surface area (Å²) >= 11 is 0. The number of carbonyl (C=O) groups is 2. The zero-order valence-corrected chi connectivity index (χ0v) is 7.18. The van der Waals surface area contributed by atoms with Crippen molar-refractivity contribution in [3.8, 4) is 0 Å². The summed E-state index contributed by atoms with van der Waals surface area (Å²) in [6.45, 7) is 0. The Hall–Kier alpha value is -2.10. The van der Waals surface area contributed by atoms with Gasteiger partial charge in [-0.15, -0.1) is 0 Å². The molecule has 0 aliphatic heterocycles. The van der Waals surface area contributed by atoms with E-state index < -0.39 is 11.9 Å². The van der Waals surface area contributed by atoms with E-state index in [-0.39, 0.29) is 11.1 Å². The average molecular weight is 192 g/mol.